The Kier molecular flexibility index (Phi) is 5.91. The van der Waals surface area contributed by atoms with E-state index in [2.05, 4.69) is 10.8 Å². The molecule has 0 amide bonds. The van der Waals surface area contributed by atoms with Crippen LogP contribution in [-0.2, 0) is 10.0 Å². The first-order chi connectivity index (χ1) is 11.7. The van der Waals surface area contributed by atoms with Gasteiger partial charge in [-0.1, -0.05) is 30.7 Å². The Bertz CT molecular complexity index is 850. The van der Waals surface area contributed by atoms with E-state index in [1.165, 1.54) is 5.56 Å². The Morgan fingerprint density at radius 1 is 1.00 bits per heavy atom. The molecule has 4 nitrogen and oxygen atoms in total. The highest BCUT2D eigenvalue weighted by molar-refractivity contribution is 7.89. The number of hydrogen-bond donors (Lipinski definition) is 1. The third-order valence-corrected chi connectivity index (χ3v) is 6.22. The van der Waals surface area contributed by atoms with Gasteiger partial charge in [-0.3, -0.25) is 0 Å². The fourth-order valence-electron chi connectivity index (χ4n) is 3.28. The van der Waals surface area contributed by atoms with E-state index >= 15 is 0 Å². The van der Waals surface area contributed by atoms with Gasteiger partial charge in [0.25, 0.3) is 0 Å². The molecule has 0 aliphatic rings. The van der Waals surface area contributed by atoms with Crippen molar-refractivity contribution in [3.63, 3.8) is 0 Å². The minimum absolute atomic E-state index is 0.258. The first kappa shape index (κ1) is 19.5. The highest BCUT2D eigenvalue weighted by Crippen LogP contribution is 2.29. The van der Waals surface area contributed by atoms with E-state index in [-0.39, 0.29) is 6.04 Å². The molecule has 0 saturated heterocycles. The molecule has 1 atom stereocenters. The average Bonchev–Trinajstić information content (AvgIpc) is 2.52. The predicted molar refractivity (Wildman–Crippen MR) is 102 cm³/mol. The molecule has 0 aromatic heterocycles. The molecule has 2 aromatic carbocycles. The Balaban J connectivity index is 2.43. The second-order valence-electron chi connectivity index (χ2n) is 6.53. The molecule has 0 fully saturated rings. The Labute approximate surface area is 151 Å². The van der Waals surface area contributed by atoms with Crippen LogP contribution in [0.5, 0.6) is 5.75 Å². The lowest BCUT2D eigenvalue weighted by Gasteiger charge is -2.21. The zero-order chi connectivity index (χ0) is 18.8. The van der Waals surface area contributed by atoms with Crippen LogP contribution in [0.1, 0.15) is 47.2 Å². The Morgan fingerprint density at radius 3 is 2.08 bits per heavy atom. The summed E-state index contributed by atoms with van der Waals surface area (Å²) in [6.45, 7) is 9.62. The van der Waals surface area contributed by atoms with Gasteiger partial charge in [0.2, 0.25) is 10.0 Å². The van der Waals surface area contributed by atoms with Crippen molar-refractivity contribution in [2.75, 3.05) is 7.11 Å². The number of ether oxygens (including phenoxy) is 1. The molecule has 5 heteroatoms. The third kappa shape index (κ3) is 4.22. The first-order valence-electron chi connectivity index (χ1n) is 8.44. The van der Waals surface area contributed by atoms with Crippen LogP contribution in [0.15, 0.2) is 35.2 Å². The molecule has 136 valence electrons. The second kappa shape index (κ2) is 7.58. The number of aryl methyl sites for hydroxylation is 4. The summed E-state index contributed by atoms with van der Waals surface area (Å²) >= 11 is 0. The van der Waals surface area contributed by atoms with Gasteiger partial charge in [-0.15, -0.1) is 0 Å². The van der Waals surface area contributed by atoms with Crippen LogP contribution in [0.3, 0.4) is 0 Å². The summed E-state index contributed by atoms with van der Waals surface area (Å²) in [4.78, 5) is 0.330. The summed E-state index contributed by atoms with van der Waals surface area (Å²) in [5.74, 6) is 0.662. The van der Waals surface area contributed by atoms with Crippen LogP contribution < -0.4 is 9.46 Å². The maximum atomic E-state index is 13.0. The van der Waals surface area contributed by atoms with Gasteiger partial charge in [0.1, 0.15) is 5.75 Å². The van der Waals surface area contributed by atoms with Gasteiger partial charge in [-0.25, -0.2) is 13.1 Å². The van der Waals surface area contributed by atoms with Crippen molar-refractivity contribution in [1.82, 2.24) is 4.72 Å². The van der Waals surface area contributed by atoms with Gasteiger partial charge in [-0.2, -0.15) is 0 Å². The lowest BCUT2D eigenvalue weighted by Crippen LogP contribution is -2.30. The summed E-state index contributed by atoms with van der Waals surface area (Å²) in [6, 6.07) is 9.35. The van der Waals surface area contributed by atoms with Crippen molar-refractivity contribution < 1.29 is 13.2 Å². The van der Waals surface area contributed by atoms with E-state index in [0.29, 0.717) is 28.2 Å². The van der Waals surface area contributed by atoms with E-state index in [9.17, 15) is 8.42 Å². The SMILES string of the molecule is CC[C@H](NS(=O)(=O)c1c(C)cc(OC)cc1C)c1ccc(C)cc1C. The number of sulfonamides is 1. The fourth-order valence-corrected chi connectivity index (χ4v) is 5.03. The van der Waals surface area contributed by atoms with E-state index in [0.717, 1.165) is 11.1 Å². The summed E-state index contributed by atoms with van der Waals surface area (Å²) < 4.78 is 34.2. The molecule has 0 spiro atoms. The largest absolute Gasteiger partial charge is 0.497 e. The van der Waals surface area contributed by atoms with E-state index in [1.807, 2.05) is 32.9 Å². The smallest absolute Gasteiger partial charge is 0.241 e. The van der Waals surface area contributed by atoms with Crippen molar-refractivity contribution in [2.45, 2.75) is 52.0 Å². The van der Waals surface area contributed by atoms with Gasteiger partial charge < -0.3 is 4.74 Å². The fraction of sp³-hybridized carbons (Fsp3) is 0.400. The maximum Gasteiger partial charge on any atom is 0.241 e. The lowest BCUT2D eigenvalue weighted by atomic mass is 9.98. The molecular weight excluding hydrogens is 334 g/mol. The summed E-state index contributed by atoms with van der Waals surface area (Å²) in [6.07, 6.45) is 0.678. The third-order valence-electron chi connectivity index (χ3n) is 4.44. The van der Waals surface area contributed by atoms with Crippen LogP contribution in [0.25, 0.3) is 0 Å². The molecule has 0 radical (unpaired) electrons. The van der Waals surface area contributed by atoms with Gasteiger partial charge in [0.05, 0.1) is 12.0 Å². The van der Waals surface area contributed by atoms with Crippen molar-refractivity contribution in [3.05, 3.63) is 58.1 Å². The quantitative estimate of drug-likeness (QED) is 0.832. The topological polar surface area (TPSA) is 55.4 Å². The molecule has 2 aromatic rings. The molecular formula is C20H27NO3S. The lowest BCUT2D eigenvalue weighted by molar-refractivity contribution is 0.413. The highest BCUT2D eigenvalue weighted by Gasteiger charge is 2.25. The minimum atomic E-state index is -3.64. The van der Waals surface area contributed by atoms with Gasteiger partial charge in [0, 0.05) is 6.04 Å². The Morgan fingerprint density at radius 2 is 1.60 bits per heavy atom. The molecule has 0 aliphatic heterocycles. The highest BCUT2D eigenvalue weighted by atomic mass is 32.2. The van der Waals surface area contributed by atoms with E-state index in [4.69, 9.17) is 4.74 Å². The molecule has 0 saturated carbocycles. The number of rotatable bonds is 6. The summed E-state index contributed by atoms with van der Waals surface area (Å²) in [5.41, 5.74) is 4.64. The number of benzene rings is 2. The van der Waals surface area contributed by atoms with E-state index in [1.54, 1.807) is 33.1 Å². The van der Waals surface area contributed by atoms with E-state index < -0.39 is 10.0 Å². The molecule has 0 heterocycles. The molecule has 25 heavy (non-hydrogen) atoms. The molecule has 0 unspecified atom stereocenters. The normalized spacial score (nSPS) is 12.9. The zero-order valence-electron chi connectivity index (χ0n) is 15.8. The standard InChI is InChI=1S/C20H27NO3S/c1-7-19(18-9-8-13(2)10-14(18)3)21-25(22,23)20-15(4)11-17(24-6)12-16(20)5/h8-12,19,21H,7H2,1-6H3/t19-/m0/s1. The summed E-state index contributed by atoms with van der Waals surface area (Å²) in [7, 11) is -2.06. The number of methoxy groups -OCH3 is 1. The monoisotopic (exact) mass is 361 g/mol. The van der Waals surface area contributed by atoms with Crippen LogP contribution in [0, 0.1) is 27.7 Å². The van der Waals surface area contributed by atoms with Crippen LogP contribution >= 0.6 is 0 Å². The van der Waals surface area contributed by atoms with Crippen LogP contribution in [0.4, 0.5) is 0 Å². The molecule has 2 rings (SSSR count). The number of nitrogens with one attached hydrogen (secondary N) is 1. The van der Waals surface area contributed by atoms with Crippen LogP contribution in [-0.4, -0.2) is 15.5 Å². The summed E-state index contributed by atoms with van der Waals surface area (Å²) in [5, 5.41) is 0. The second-order valence-corrected chi connectivity index (χ2v) is 8.18. The van der Waals surface area contributed by atoms with Crippen molar-refractivity contribution in [2.24, 2.45) is 0 Å². The van der Waals surface area contributed by atoms with Crippen molar-refractivity contribution in [3.8, 4) is 5.75 Å². The van der Waals surface area contributed by atoms with Crippen molar-refractivity contribution >= 4 is 10.0 Å². The Hall–Kier alpha value is -1.85. The zero-order valence-corrected chi connectivity index (χ0v) is 16.6. The molecule has 1 N–H and O–H groups in total. The average molecular weight is 362 g/mol. The van der Waals surface area contributed by atoms with Gasteiger partial charge in [-0.05, 0) is 68.5 Å². The minimum Gasteiger partial charge on any atom is -0.497 e. The first-order valence-corrected chi connectivity index (χ1v) is 9.92. The molecule has 0 bridgehead atoms. The maximum absolute atomic E-state index is 13.0. The van der Waals surface area contributed by atoms with Crippen molar-refractivity contribution in [1.29, 1.82) is 0 Å². The van der Waals surface area contributed by atoms with Crippen LogP contribution in [0.2, 0.25) is 0 Å². The number of hydrogen-bond acceptors (Lipinski definition) is 3. The predicted octanol–water partition coefficient (Wildman–Crippen LogP) is 4.36. The molecule has 0 aliphatic carbocycles. The van der Waals surface area contributed by atoms with Gasteiger partial charge >= 0.3 is 0 Å². The van der Waals surface area contributed by atoms with Gasteiger partial charge in [0.15, 0.2) is 0 Å².